The van der Waals surface area contributed by atoms with Crippen LogP contribution < -0.4 is 5.32 Å². The molecule has 2 aromatic carbocycles. The Balaban J connectivity index is 1.88. The number of nitrogens with one attached hydrogen (secondary N) is 1. The highest BCUT2D eigenvalue weighted by molar-refractivity contribution is 7.99. The first-order valence-electron chi connectivity index (χ1n) is 7.66. The molecule has 0 unspecified atom stereocenters. The number of likely N-dealkylation sites (N-methyl/N-ethyl adjacent to an activating group) is 1. The molecule has 1 aliphatic heterocycles. The van der Waals surface area contributed by atoms with Crippen LogP contribution in [0.2, 0.25) is 0 Å². The molecule has 0 fully saturated rings. The van der Waals surface area contributed by atoms with Gasteiger partial charge in [0.2, 0.25) is 5.91 Å². The molecule has 0 spiro atoms. The molecule has 22 heavy (non-hydrogen) atoms. The van der Waals surface area contributed by atoms with Gasteiger partial charge < -0.3 is 10.2 Å². The Morgan fingerprint density at radius 3 is 2.55 bits per heavy atom. The molecular weight excluding hydrogens is 292 g/mol. The zero-order valence-corrected chi connectivity index (χ0v) is 13.7. The van der Waals surface area contributed by atoms with Gasteiger partial charge in [0.25, 0.3) is 0 Å². The summed E-state index contributed by atoms with van der Waals surface area (Å²) >= 11 is 1.76. The number of carbonyl (C=O) groups excluding carboxylic acids is 1. The minimum Gasteiger partial charge on any atom is -0.353 e. The van der Waals surface area contributed by atoms with Crippen molar-refractivity contribution in [1.82, 2.24) is 4.90 Å². The maximum Gasteiger partial charge on any atom is 0.227 e. The summed E-state index contributed by atoms with van der Waals surface area (Å²) in [5.41, 5.74) is 3.26. The van der Waals surface area contributed by atoms with Crippen LogP contribution in [0.3, 0.4) is 0 Å². The molecule has 0 bridgehead atoms. The van der Waals surface area contributed by atoms with Gasteiger partial charge in [-0.25, -0.2) is 0 Å². The summed E-state index contributed by atoms with van der Waals surface area (Å²) in [5.74, 6) is 0.184. The number of nitrogens with zero attached hydrogens (tertiary/aromatic N) is 1. The van der Waals surface area contributed by atoms with Gasteiger partial charge in [-0.3, -0.25) is 4.79 Å². The maximum atomic E-state index is 12.4. The highest BCUT2D eigenvalue weighted by atomic mass is 32.2. The SMILES string of the molecule is CCN(CC)C(=O)Cc1cccc2c1Nc1ccccc1S2. The molecule has 1 amide bonds. The number of carbonyl (C=O) groups is 1. The first-order chi connectivity index (χ1) is 10.7. The van der Waals surface area contributed by atoms with Gasteiger partial charge in [-0.15, -0.1) is 0 Å². The zero-order valence-electron chi connectivity index (χ0n) is 12.9. The van der Waals surface area contributed by atoms with Crippen molar-refractivity contribution in [2.75, 3.05) is 18.4 Å². The van der Waals surface area contributed by atoms with Crippen molar-refractivity contribution in [2.24, 2.45) is 0 Å². The van der Waals surface area contributed by atoms with Gasteiger partial charge in [-0.05, 0) is 37.6 Å². The van der Waals surface area contributed by atoms with E-state index in [4.69, 9.17) is 0 Å². The predicted molar refractivity (Wildman–Crippen MR) is 91.9 cm³/mol. The van der Waals surface area contributed by atoms with Crippen LogP contribution in [0.25, 0.3) is 0 Å². The minimum atomic E-state index is 0.184. The molecule has 0 saturated carbocycles. The lowest BCUT2D eigenvalue weighted by Crippen LogP contribution is -2.32. The number of hydrogen-bond acceptors (Lipinski definition) is 3. The van der Waals surface area contributed by atoms with Crippen molar-refractivity contribution < 1.29 is 4.79 Å². The maximum absolute atomic E-state index is 12.4. The molecule has 3 rings (SSSR count). The molecule has 0 aromatic heterocycles. The van der Waals surface area contributed by atoms with Crippen LogP contribution in [0.4, 0.5) is 11.4 Å². The summed E-state index contributed by atoms with van der Waals surface area (Å²) < 4.78 is 0. The first kappa shape index (κ1) is 15.0. The third kappa shape index (κ3) is 2.83. The summed E-state index contributed by atoms with van der Waals surface area (Å²) in [5, 5.41) is 3.50. The Morgan fingerprint density at radius 2 is 1.77 bits per heavy atom. The highest BCUT2D eigenvalue weighted by Gasteiger charge is 2.20. The smallest absolute Gasteiger partial charge is 0.227 e. The van der Waals surface area contributed by atoms with Crippen molar-refractivity contribution in [2.45, 2.75) is 30.1 Å². The molecule has 2 aromatic rings. The number of amides is 1. The molecule has 1 aliphatic rings. The molecule has 3 nitrogen and oxygen atoms in total. The molecule has 4 heteroatoms. The topological polar surface area (TPSA) is 32.3 Å². The normalized spacial score (nSPS) is 12.1. The third-order valence-corrected chi connectivity index (χ3v) is 5.07. The van der Waals surface area contributed by atoms with Crippen LogP contribution in [-0.2, 0) is 11.2 Å². The van der Waals surface area contributed by atoms with Crippen LogP contribution in [-0.4, -0.2) is 23.9 Å². The molecule has 0 radical (unpaired) electrons. The minimum absolute atomic E-state index is 0.184. The number of para-hydroxylation sites is 2. The molecule has 0 saturated heterocycles. The van der Waals surface area contributed by atoms with Gasteiger partial charge in [0, 0.05) is 22.9 Å². The second kappa shape index (κ2) is 6.44. The van der Waals surface area contributed by atoms with Gasteiger partial charge in [0.15, 0.2) is 0 Å². The summed E-state index contributed by atoms with van der Waals surface area (Å²) in [4.78, 5) is 16.7. The van der Waals surface area contributed by atoms with E-state index in [1.165, 1.54) is 9.79 Å². The first-order valence-corrected chi connectivity index (χ1v) is 8.48. The lowest BCUT2D eigenvalue weighted by molar-refractivity contribution is -0.130. The van der Waals surface area contributed by atoms with E-state index in [-0.39, 0.29) is 5.91 Å². The average Bonchev–Trinajstić information content (AvgIpc) is 2.54. The Hall–Kier alpha value is -1.94. The number of benzene rings is 2. The van der Waals surface area contributed by atoms with Gasteiger partial charge in [0.1, 0.15) is 0 Å². The highest BCUT2D eigenvalue weighted by Crippen LogP contribution is 2.45. The molecule has 0 aliphatic carbocycles. The van der Waals surface area contributed by atoms with Gasteiger partial charge in [0.05, 0.1) is 17.8 Å². The van der Waals surface area contributed by atoms with Crippen LogP contribution in [0.15, 0.2) is 52.3 Å². The summed E-state index contributed by atoms with van der Waals surface area (Å²) in [6, 6.07) is 14.5. The number of fused-ring (bicyclic) bond motifs is 2. The van der Waals surface area contributed by atoms with Crippen LogP contribution in [0.1, 0.15) is 19.4 Å². The van der Waals surface area contributed by atoms with Gasteiger partial charge in [-0.1, -0.05) is 36.0 Å². The number of anilines is 2. The van der Waals surface area contributed by atoms with Crippen LogP contribution in [0.5, 0.6) is 0 Å². The molecule has 1 heterocycles. The van der Waals surface area contributed by atoms with E-state index < -0.39 is 0 Å². The zero-order chi connectivity index (χ0) is 15.5. The lowest BCUT2D eigenvalue weighted by Gasteiger charge is -2.24. The van der Waals surface area contributed by atoms with E-state index in [1.807, 2.05) is 43.0 Å². The van der Waals surface area contributed by atoms with Gasteiger partial charge in [-0.2, -0.15) is 0 Å². The van der Waals surface area contributed by atoms with E-state index in [0.717, 1.165) is 30.0 Å². The quantitative estimate of drug-likeness (QED) is 0.779. The van der Waals surface area contributed by atoms with E-state index >= 15 is 0 Å². The van der Waals surface area contributed by atoms with E-state index in [1.54, 1.807) is 11.8 Å². The van der Waals surface area contributed by atoms with Crippen molar-refractivity contribution in [3.63, 3.8) is 0 Å². The predicted octanol–water partition coefficient (Wildman–Crippen LogP) is 4.31. The monoisotopic (exact) mass is 312 g/mol. The summed E-state index contributed by atoms with van der Waals surface area (Å²) in [6.45, 7) is 5.56. The second-order valence-corrected chi connectivity index (χ2v) is 6.34. The standard InChI is InChI=1S/C18H20N2OS/c1-3-20(4-2)17(21)12-13-8-7-11-16-18(13)19-14-9-5-6-10-15(14)22-16/h5-11,19H,3-4,12H2,1-2H3. The van der Waals surface area contributed by atoms with Gasteiger partial charge >= 0.3 is 0 Å². The second-order valence-electron chi connectivity index (χ2n) is 5.26. The fourth-order valence-electron chi connectivity index (χ4n) is 2.71. The summed E-state index contributed by atoms with van der Waals surface area (Å²) in [6.07, 6.45) is 0.445. The van der Waals surface area contributed by atoms with Crippen LogP contribution in [0, 0.1) is 0 Å². The van der Waals surface area contributed by atoms with Crippen molar-refractivity contribution in [1.29, 1.82) is 0 Å². The molecule has 114 valence electrons. The lowest BCUT2D eigenvalue weighted by atomic mass is 10.1. The third-order valence-electron chi connectivity index (χ3n) is 3.94. The fraction of sp³-hybridized carbons (Fsp3) is 0.278. The summed E-state index contributed by atoms with van der Waals surface area (Å²) in [7, 11) is 0. The van der Waals surface area contributed by atoms with Crippen molar-refractivity contribution >= 4 is 29.0 Å². The van der Waals surface area contributed by atoms with Crippen molar-refractivity contribution in [3.05, 3.63) is 48.0 Å². The van der Waals surface area contributed by atoms with E-state index in [9.17, 15) is 4.79 Å². The Labute approximate surface area is 135 Å². The van der Waals surface area contributed by atoms with E-state index in [0.29, 0.717) is 6.42 Å². The Bertz CT molecular complexity index is 695. The average molecular weight is 312 g/mol. The largest absolute Gasteiger partial charge is 0.353 e. The van der Waals surface area contributed by atoms with Crippen LogP contribution >= 0.6 is 11.8 Å². The molecular formula is C18H20N2OS. The molecule has 1 N–H and O–H groups in total. The van der Waals surface area contributed by atoms with Crippen molar-refractivity contribution in [3.8, 4) is 0 Å². The fourth-order valence-corrected chi connectivity index (χ4v) is 3.76. The number of rotatable bonds is 4. The Morgan fingerprint density at radius 1 is 1.05 bits per heavy atom. The molecule has 0 atom stereocenters. The van der Waals surface area contributed by atoms with E-state index in [2.05, 4.69) is 23.5 Å². The Kier molecular flexibility index (Phi) is 4.39. The number of hydrogen-bond donors (Lipinski definition) is 1.